The zero-order valence-corrected chi connectivity index (χ0v) is 14.9. The number of rotatable bonds is 4. The van der Waals surface area contributed by atoms with Gasteiger partial charge in [-0.2, -0.15) is 4.68 Å². The highest BCUT2D eigenvalue weighted by Crippen LogP contribution is 2.28. The number of tetrazole rings is 1. The Labute approximate surface area is 147 Å². The Morgan fingerprint density at radius 3 is 2.88 bits per heavy atom. The van der Waals surface area contributed by atoms with Gasteiger partial charge in [-0.05, 0) is 53.6 Å². The zero-order chi connectivity index (χ0) is 16.5. The van der Waals surface area contributed by atoms with Gasteiger partial charge in [0.2, 0.25) is 5.16 Å². The first kappa shape index (κ1) is 15.3. The van der Waals surface area contributed by atoms with Gasteiger partial charge < -0.3 is 0 Å². The zero-order valence-electron chi connectivity index (χ0n) is 13.3. The van der Waals surface area contributed by atoms with Crippen molar-refractivity contribution in [1.82, 2.24) is 25.2 Å². The van der Waals surface area contributed by atoms with Crippen molar-refractivity contribution in [3.8, 4) is 5.69 Å². The van der Waals surface area contributed by atoms with Crippen molar-refractivity contribution in [2.24, 2.45) is 0 Å². The minimum atomic E-state index is 0.755. The summed E-state index contributed by atoms with van der Waals surface area (Å²) in [5.74, 6) is 0.755. The van der Waals surface area contributed by atoms with Crippen molar-refractivity contribution in [3.63, 3.8) is 0 Å². The summed E-state index contributed by atoms with van der Waals surface area (Å²) in [4.78, 5) is 4.67. The molecule has 0 atom stereocenters. The number of fused-ring (bicyclic) bond motifs is 1. The van der Waals surface area contributed by atoms with Crippen LogP contribution in [0.25, 0.3) is 15.9 Å². The Bertz CT molecular complexity index is 972. The van der Waals surface area contributed by atoms with E-state index in [-0.39, 0.29) is 0 Å². The summed E-state index contributed by atoms with van der Waals surface area (Å²) in [5.41, 5.74) is 4.40. The van der Waals surface area contributed by atoms with Gasteiger partial charge in [0, 0.05) is 0 Å². The number of aromatic nitrogens is 5. The van der Waals surface area contributed by atoms with Gasteiger partial charge in [0.05, 0.1) is 21.7 Å². The largest absolute Gasteiger partial charge is 0.240 e. The third-order valence-corrected chi connectivity index (χ3v) is 5.85. The maximum atomic E-state index is 4.67. The molecule has 0 aliphatic rings. The van der Waals surface area contributed by atoms with Crippen LogP contribution < -0.4 is 0 Å². The highest BCUT2D eigenvalue weighted by atomic mass is 32.2. The van der Waals surface area contributed by atoms with Crippen molar-refractivity contribution in [2.75, 3.05) is 0 Å². The lowest BCUT2D eigenvalue weighted by Gasteiger charge is -2.08. The third-order valence-electron chi connectivity index (χ3n) is 3.70. The number of aryl methyl sites for hydroxylation is 2. The van der Waals surface area contributed by atoms with Crippen molar-refractivity contribution < 1.29 is 0 Å². The molecule has 0 saturated heterocycles. The first-order valence-corrected chi connectivity index (χ1v) is 9.34. The molecule has 5 nitrogen and oxygen atoms in total. The summed E-state index contributed by atoms with van der Waals surface area (Å²) < 4.78 is 3.02. The molecule has 2 aromatic carbocycles. The lowest BCUT2D eigenvalue weighted by Crippen LogP contribution is -2.02. The first-order chi connectivity index (χ1) is 11.7. The highest BCUT2D eigenvalue weighted by Gasteiger charge is 2.13. The van der Waals surface area contributed by atoms with Crippen LogP contribution in [-0.2, 0) is 5.75 Å². The van der Waals surface area contributed by atoms with E-state index in [9.17, 15) is 0 Å². The van der Waals surface area contributed by atoms with Crippen LogP contribution in [0.3, 0.4) is 0 Å². The fraction of sp³-hybridized carbons (Fsp3) is 0.176. The molecule has 0 saturated carbocycles. The molecule has 0 fully saturated rings. The molecule has 7 heteroatoms. The number of hydrogen-bond acceptors (Lipinski definition) is 6. The molecule has 0 radical (unpaired) electrons. The summed E-state index contributed by atoms with van der Waals surface area (Å²) in [6.45, 7) is 4.14. The van der Waals surface area contributed by atoms with E-state index in [2.05, 4.69) is 58.6 Å². The van der Waals surface area contributed by atoms with Crippen LogP contribution in [0.15, 0.2) is 47.6 Å². The van der Waals surface area contributed by atoms with Crippen LogP contribution in [0.4, 0.5) is 0 Å². The Hall–Kier alpha value is -2.25. The monoisotopic (exact) mass is 353 g/mol. The van der Waals surface area contributed by atoms with E-state index >= 15 is 0 Å². The maximum Gasteiger partial charge on any atom is 0.214 e. The van der Waals surface area contributed by atoms with E-state index in [0.717, 1.165) is 32.7 Å². The predicted molar refractivity (Wildman–Crippen MR) is 97.8 cm³/mol. The average Bonchev–Trinajstić information content (AvgIpc) is 3.21. The van der Waals surface area contributed by atoms with E-state index in [1.807, 2.05) is 18.2 Å². The maximum absolute atomic E-state index is 4.67. The molecule has 0 amide bonds. The topological polar surface area (TPSA) is 56.5 Å². The molecule has 0 unspecified atom stereocenters. The Morgan fingerprint density at radius 1 is 1.12 bits per heavy atom. The summed E-state index contributed by atoms with van der Waals surface area (Å²) in [7, 11) is 0. The number of thioether (sulfide) groups is 1. The average molecular weight is 353 g/mol. The van der Waals surface area contributed by atoms with E-state index in [1.54, 1.807) is 27.8 Å². The number of nitrogens with zero attached hydrogens (tertiary/aromatic N) is 5. The number of thiazole rings is 1. The fourth-order valence-corrected chi connectivity index (χ4v) is 4.32. The Kier molecular flexibility index (Phi) is 4.03. The predicted octanol–water partition coefficient (Wildman–Crippen LogP) is 4.18. The van der Waals surface area contributed by atoms with E-state index in [0.29, 0.717) is 0 Å². The van der Waals surface area contributed by atoms with Crippen LogP contribution in [0.5, 0.6) is 0 Å². The molecule has 0 aliphatic carbocycles. The fourth-order valence-electron chi connectivity index (χ4n) is 2.48. The molecule has 0 N–H and O–H groups in total. The van der Waals surface area contributed by atoms with Crippen LogP contribution in [-0.4, -0.2) is 25.2 Å². The molecule has 2 aromatic heterocycles. The quantitative estimate of drug-likeness (QED) is 0.515. The molecule has 0 aliphatic heterocycles. The molecular weight excluding hydrogens is 338 g/mol. The molecule has 0 spiro atoms. The van der Waals surface area contributed by atoms with E-state index < -0.39 is 0 Å². The van der Waals surface area contributed by atoms with Crippen molar-refractivity contribution in [3.05, 3.63) is 58.6 Å². The molecule has 4 aromatic rings. The van der Waals surface area contributed by atoms with Gasteiger partial charge in [0.25, 0.3) is 0 Å². The molecule has 2 heterocycles. The lowest BCUT2D eigenvalue weighted by molar-refractivity contribution is 0.751. The molecule has 120 valence electrons. The van der Waals surface area contributed by atoms with Crippen molar-refractivity contribution in [1.29, 1.82) is 0 Å². The normalized spacial score (nSPS) is 11.2. The van der Waals surface area contributed by atoms with Gasteiger partial charge in [-0.1, -0.05) is 36.0 Å². The van der Waals surface area contributed by atoms with E-state index in [4.69, 9.17) is 0 Å². The number of hydrogen-bond donors (Lipinski definition) is 0. The van der Waals surface area contributed by atoms with Gasteiger partial charge in [-0.25, -0.2) is 4.98 Å². The van der Waals surface area contributed by atoms with Gasteiger partial charge in [0.1, 0.15) is 5.01 Å². The van der Waals surface area contributed by atoms with Gasteiger partial charge in [-0.15, -0.1) is 16.4 Å². The second kappa shape index (κ2) is 6.33. The van der Waals surface area contributed by atoms with Gasteiger partial charge >= 0.3 is 0 Å². The second-order valence-electron chi connectivity index (χ2n) is 5.53. The minimum absolute atomic E-state index is 0.755. The molecular formula is C17H15N5S2. The molecule has 0 bridgehead atoms. The van der Waals surface area contributed by atoms with Crippen molar-refractivity contribution in [2.45, 2.75) is 24.8 Å². The Morgan fingerprint density at radius 2 is 2.00 bits per heavy atom. The highest BCUT2D eigenvalue weighted by molar-refractivity contribution is 7.98. The minimum Gasteiger partial charge on any atom is -0.240 e. The summed E-state index contributed by atoms with van der Waals surface area (Å²) in [6, 6.07) is 14.5. The summed E-state index contributed by atoms with van der Waals surface area (Å²) in [5, 5.41) is 14.0. The number of para-hydroxylation sites is 1. The van der Waals surface area contributed by atoms with Crippen LogP contribution in [0, 0.1) is 13.8 Å². The smallest absolute Gasteiger partial charge is 0.214 e. The van der Waals surface area contributed by atoms with Gasteiger partial charge in [0.15, 0.2) is 0 Å². The number of benzene rings is 2. The standard InChI is InChI=1S/C17H15N5S2/c1-11-7-8-12(2)14(9-11)22-17(19-20-21-22)23-10-16-18-13-5-3-4-6-15(13)24-16/h3-9H,10H2,1-2H3. The first-order valence-electron chi connectivity index (χ1n) is 7.54. The van der Waals surface area contributed by atoms with Crippen molar-refractivity contribution >= 4 is 33.3 Å². The lowest BCUT2D eigenvalue weighted by atomic mass is 10.1. The summed E-state index contributed by atoms with van der Waals surface area (Å²) in [6.07, 6.45) is 0. The van der Waals surface area contributed by atoms with Crippen LogP contribution in [0.1, 0.15) is 16.1 Å². The van der Waals surface area contributed by atoms with Gasteiger partial charge in [-0.3, -0.25) is 0 Å². The SMILES string of the molecule is Cc1ccc(C)c(-n2nnnc2SCc2nc3ccccc3s2)c1. The Balaban J connectivity index is 1.60. The van der Waals surface area contributed by atoms with E-state index in [1.165, 1.54) is 10.3 Å². The molecule has 24 heavy (non-hydrogen) atoms. The third kappa shape index (κ3) is 2.92. The second-order valence-corrected chi connectivity index (χ2v) is 7.58. The van der Waals surface area contributed by atoms with Crippen LogP contribution in [0.2, 0.25) is 0 Å². The van der Waals surface area contributed by atoms with Crippen LogP contribution >= 0.6 is 23.1 Å². The molecule has 4 rings (SSSR count). The summed E-state index contributed by atoms with van der Waals surface area (Å²) >= 11 is 3.32.